The van der Waals surface area contributed by atoms with Crippen molar-refractivity contribution in [1.82, 2.24) is 4.90 Å². The standard InChI is InChI=1S/C15H22N2O2/c1-12(17-10-8-14(18)9-11-17)15(19)16(2)13-6-4-3-5-7-13/h3-7,12,14,18H,8-11H2,1-2H3/t12-/m1/s1. The fraction of sp³-hybridized carbons (Fsp3) is 0.533. The van der Waals surface area contributed by atoms with E-state index in [-0.39, 0.29) is 18.1 Å². The molecular weight excluding hydrogens is 240 g/mol. The molecule has 0 spiro atoms. The number of rotatable bonds is 3. The Labute approximate surface area is 114 Å². The number of carbonyl (C=O) groups is 1. The zero-order chi connectivity index (χ0) is 13.8. The average molecular weight is 262 g/mol. The summed E-state index contributed by atoms with van der Waals surface area (Å²) in [5.74, 6) is 0.0996. The van der Waals surface area contributed by atoms with Crippen molar-refractivity contribution >= 4 is 11.6 Å². The number of nitrogens with zero attached hydrogens (tertiary/aromatic N) is 2. The summed E-state index contributed by atoms with van der Waals surface area (Å²) in [6.07, 6.45) is 1.31. The second-order valence-corrected chi connectivity index (χ2v) is 5.18. The molecule has 1 aliphatic rings. The number of hydrogen-bond acceptors (Lipinski definition) is 3. The van der Waals surface area contributed by atoms with Crippen molar-refractivity contribution in [2.24, 2.45) is 0 Å². The van der Waals surface area contributed by atoms with Gasteiger partial charge in [0.15, 0.2) is 0 Å². The van der Waals surface area contributed by atoms with Gasteiger partial charge in [0.25, 0.3) is 0 Å². The molecule has 4 nitrogen and oxygen atoms in total. The summed E-state index contributed by atoms with van der Waals surface area (Å²) in [6.45, 7) is 3.52. The van der Waals surface area contributed by atoms with Gasteiger partial charge < -0.3 is 10.0 Å². The highest BCUT2D eigenvalue weighted by atomic mass is 16.3. The maximum atomic E-state index is 12.4. The first-order valence-corrected chi connectivity index (χ1v) is 6.84. The number of para-hydroxylation sites is 1. The van der Waals surface area contributed by atoms with Crippen LogP contribution in [0.4, 0.5) is 5.69 Å². The number of likely N-dealkylation sites (N-methyl/N-ethyl adjacent to an activating group) is 1. The van der Waals surface area contributed by atoms with E-state index in [1.165, 1.54) is 0 Å². The third-order valence-electron chi connectivity index (χ3n) is 3.88. The molecule has 0 radical (unpaired) electrons. The van der Waals surface area contributed by atoms with Crippen LogP contribution in [0.2, 0.25) is 0 Å². The molecule has 1 aromatic carbocycles. The minimum atomic E-state index is -0.203. The van der Waals surface area contributed by atoms with Gasteiger partial charge in [0.1, 0.15) is 0 Å². The minimum Gasteiger partial charge on any atom is -0.393 e. The van der Waals surface area contributed by atoms with Gasteiger partial charge in [-0.15, -0.1) is 0 Å². The zero-order valence-corrected chi connectivity index (χ0v) is 11.6. The molecular formula is C15H22N2O2. The summed E-state index contributed by atoms with van der Waals surface area (Å²) < 4.78 is 0. The number of piperidine rings is 1. The number of amides is 1. The second-order valence-electron chi connectivity index (χ2n) is 5.18. The number of aliphatic hydroxyl groups is 1. The summed E-state index contributed by atoms with van der Waals surface area (Å²) in [4.78, 5) is 16.3. The smallest absolute Gasteiger partial charge is 0.243 e. The molecule has 1 saturated heterocycles. The average Bonchev–Trinajstić information content (AvgIpc) is 2.46. The molecule has 1 heterocycles. The van der Waals surface area contributed by atoms with Crippen LogP contribution in [-0.2, 0) is 4.79 Å². The molecule has 1 fully saturated rings. The van der Waals surface area contributed by atoms with Gasteiger partial charge in [0.05, 0.1) is 12.1 Å². The molecule has 1 atom stereocenters. The van der Waals surface area contributed by atoms with Gasteiger partial charge in [0.2, 0.25) is 5.91 Å². The first-order valence-electron chi connectivity index (χ1n) is 6.84. The lowest BCUT2D eigenvalue weighted by atomic mass is 10.1. The predicted octanol–water partition coefficient (Wildman–Crippen LogP) is 1.49. The number of carbonyl (C=O) groups excluding carboxylic acids is 1. The van der Waals surface area contributed by atoms with E-state index in [0.717, 1.165) is 31.6 Å². The first kappa shape index (κ1) is 14.0. The fourth-order valence-corrected chi connectivity index (χ4v) is 2.49. The molecule has 1 aromatic rings. The summed E-state index contributed by atoms with van der Waals surface area (Å²) in [5.41, 5.74) is 0.913. The fourth-order valence-electron chi connectivity index (χ4n) is 2.49. The number of anilines is 1. The lowest BCUT2D eigenvalue weighted by molar-refractivity contribution is -0.123. The molecule has 0 saturated carbocycles. The van der Waals surface area contributed by atoms with Gasteiger partial charge >= 0.3 is 0 Å². The highest BCUT2D eigenvalue weighted by molar-refractivity contribution is 5.96. The SMILES string of the molecule is C[C@H](C(=O)N(C)c1ccccc1)N1CCC(O)CC1. The Hall–Kier alpha value is -1.39. The lowest BCUT2D eigenvalue weighted by Crippen LogP contribution is -2.49. The minimum absolute atomic E-state index is 0.0996. The van der Waals surface area contributed by atoms with Gasteiger partial charge in [-0.25, -0.2) is 0 Å². The van der Waals surface area contributed by atoms with Gasteiger partial charge in [-0.1, -0.05) is 18.2 Å². The number of likely N-dealkylation sites (tertiary alicyclic amines) is 1. The normalized spacial score (nSPS) is 19.1. The molecule has 4 heteroatoms. The number of benzene rings is 1. The van der Waals surface area contributed by atoms with Crippen LogP contribution in [0.5, 0.6) is 0 Å². The summed E-state index contributed by atoms with van der Waals surface area (Å²) in [6, 6.07) is 9.53. The molecule has 0 unspecified atom stereocenters. The molecule has 1 N–H and O–H groups in total. The molecule has 1 aliphatic heterocycles. The monoisotopic (exact) mass is 262 g/mol. The van der Waals surface area contributed by atoms with Crippen LogP contribution in [0, 0.1) is 0 Å². The summed E-state index contributed by atoms with van der Waals surface area (Å²) in [7, 11) is 1.81. The van der Waals surface area contributed by atoms with Gasteiger partial charge in [-0.05, 0) is 31.9 Å². The van der Waals surface area contributed by atoms with Crippen molar-refractivity contribution in [3.05, 3.63) is 30.3 Å². The van der Waals surface area contributed by atoms with Crippen LogP contribution >= 0.6 is 0 Å². The number of hydrogen-bond donors (Lipinski definition) is 1. The van der Waals surface area contributed by atoms with Crippen LogP contribution in [0.3, 0.4) is 0 Å². The Morgan fingerprint density at radius 2 is 1.89 bits per heavy atom. The number of aliphatic hydroxyl groups excluding tert-OH is 1. The Kier molecular flexibility index (Phi) is 4.56. The topological polar surface area (TPSA) is 43.8 Å². The molecule has 1 amide bonds. The van der Waals surface area contributed by atoms with Gasteiger partial charge in [0, 0.05) is 25.8 Å². The van der Waals surface area contributed by atoms with E-state index in [2.05, 4.69) is 4.90 Å². The quantitative estimate of drug-likeness (QED) is 0.897. The highest BCUT2D eigenvalue weighted by Gasteiger charge is 2.27. The molecule has 0 aliphatic carbocycles. The molecule has 0 aromatic heterocycles. The lowest BCUT2D eigenvalue weighted by Gasteiger charge is -2.35. The van der Waals surface area contributed by atoms with E-state index in [0.29, 0.717) is 0 Å². The molecule has 2 rings (SSSR count). The maximum absolute atomic E-state index is 12.4. The molecule has 0 bridgehead atoms. The van der Waals surface area contributed by atoms with Crippen LogP contribution in [0.15, 0.2) is 30.3 Å². The maximum Gasteiger partial charge on any atom is 0.243 e. The van der Waals surface area contributed by atoms with Gasteiger partial charge in [-0.3, -0.25) is 9.69 Å². The first-order chi connectivity index (χ1) is 9.09. The van der Waals surface area contributed by atoms with Crippen LogP contribution in [0.1, 0.15) is 19.8 Å². The molecule has 104 valence electrons. The Bertz CT molecular complexity index is 413. The van der Waals surface area contributed by atoms with Crippen LogP contribution < -0.4 is 4.90 Å². The Morgan fingerprint density at radius 1 is 1.32 bits per heavy atom. The van der Waals surface area contributed by atoms with Crippen LogP contribution in [-0.4, -0.2) is 48.2 Å². The van der Waals surface area contributed by atoms with E-state index in [9.17, 15) is 9.90 Å². The Morgan fingerprint density at radius 3 is 2.47 bits per heavy atom. The third kappa shape index (κ3) is 3.33. The van der Waals surface area contributed by atoms with E-state index >= 15 is 0 Å². The largest absolute Gasteiger partial charge is 0.393 e. The van der Waals surface area contributed by atoms with Crippen molar-refractivity contribution in [2.45, 2.75) is 31.9 Å². The summed E-state index contributed by atoms with van der Waals surface area (Å²) in [5, 5.41) is 9.51. The molecule has 19 heavy (non-hydrogen) atoms. The third-order valence-corrected chi connectivity index (χ3v) is 3.88. The van der Waals surface area contributed by atoms with Crippen molar-refractivity contribution in [1.29, 1.82) is 0 Å². The predicted molar refractivity (Wildman–Crippen MR) is 76.1 cm³/mol. The van der Waals surface area contributed by atoms with Crippen molar-refractivity contribution in [2.75, 3.05) is 25.0 Å². The van der Waals surface area contributed by atoms with Crippen LogP contribution in [0.25, 0.3) is 0 Å². The van der Waals surface area contributed by atoms with E-state index in [4.69, 9.17) is 0 Å². The van der Waals surface area contributed by atoms with Crippen molar-refractivity contribution in [3.8, 4) is 0 Å². The zero-order valence-electron chi connectivity index (χ0n) is 11.6. The van der Waals surface area contributed by atoms with Crippen molar-refractivity contribution in [3.63, 3.8) is 0 Å². The van der Waals surface area contributed by atoms with E-state index < -0.39 is 0 Å². The highest BCUT2D eigenvalue weighted by Crippen LogP contribution is 2.17. The Balaban J connectivity index is 1.99. The second kappa shape index (κ2) is 6.17. The summed E-state index contributed by atoms with van der Waals surface area (Å²) >= 11 is 0. The van der Waals surface area contributed by atoms with E-state index in [1.54, 1.807) is 4.90 Å². The van der Waals surface area contributed by atoms with Crippen molar-refractivity contribution < 1.29 is 9.90 Å². The van der Waals surface area contributed by atoms with E-state index in [1.807, 2.05) is 44.3 Å². The van der Waals surface area contributed by atoms with Gasteiger partial charge in [-0.2, -0.15) is 0 Å².